The van der Waals surface area contributed by atoms with Crippen molar-refractivity contribution in [2.45, 2.75) is 19.4 Å². The number of benzene rings is 1. The number of Topliss-reactive ketones (excluding diaryl/α,β-unsaturated/α-hetero) is 1. The molecule has 0 spiro atoms. The minimum Gasteiger partial charge on any atom is -0.466 e. The van der Waals surface area contributed by atoms with Crippen LogP contribution in [0.4, 0.5) is 0 Å². The zero-order valence-electron chi connectivity index (χ0n) is 13.8. The number of carbonyl (C=O) groups is 3. The predicted octanol–water partition coefficient (Wildman–Crippen LogP) is 2.22. The number of hydrogen-bond acceptors (Lipinski definition) is 6. The van der Waals surface area contributed by atoms with Crippen molar-refractivity contribution in [1.29, 1.82) is 0 Å². The summed E-state index contributed by atoms with van der Waals surface area (Å²) < 4.78 is 9.39. The lowest BCUT2D eigenvalue weighted by molar-refractivity contribution is -0.140. The maximum atomic E-state index is 12.1. The molecule has 0 bridgehead atoms. The Morgan fingerprint density at radius 3 is 2.50 bits per heavy atom. The monoisotopic (exact) mass is 329 g/mol. The first-order chi connectivity index (χ1) is 11.5. The quantitative estimate of drug-likeness (QED) is 0.609. The van der Waals surface area contributed by atoms with Crippen molar-refractivity contribution in [3.8, 4) is 0 Å². The van der Waals surface area contributed by atoms with E-state index in [0.717, 1.165) is 17.2 Å². The minimum atomic E-state index is -0.682. The topological polar surface area (TPSA) is 72.9 Å². The highest BCUT2D eigenvalue weighted by molar-refractivity contribution is 5.96. The molecule has 6 nitrogen and oxygen atoms in total. The van der Waals surface area contributed by atoms with Crippen molar-refractivity contribution in [2.24, 2.45) is 0 Å². The van der Waals surface area contributed by atoms with E-state index in [1.807, 2.05) is 30.3 Å². The third kappa shape index (κ3) is 3.71. The standard InChI is InChI=1S/C18H19NO5/c1-12(20)10-15-14-7-5-4-6-13(14)8-9-19(15)16(18(22)24-3)11-17(21)23-2/h4-9,11,15H,10H2,1-3H3/b16-11+. The summed E-state index contributed by atoms with van der Waals surface area (Å²) in [7, 11) is 2.46. The van der Waals surface area contributed by atoms with Gasteiger partial charge in [0, 0.05) is 12.6 Å². The summed E-state index contributed by atoms with van der Waals surface area (Å²) in [5.41, 5.74) is 1.87. The fourth-order valence-electron chi connectivity index (χ4n) is 2.62. The van der Waals surface area contributed by atoms with E-state index in [4.69, 9.17) is 4.74 Å². The number of carbonyl (C=O) groups excluding carboxylic acids is 3. The van der Waals surface area contributed by atoms with Gasteiger partial charge < -0.3 is 14.4 Å². The Hall–Kier alpha value is -2.89. The smallest absolute Gasteiger partial charge is 0.354 e. The summed E-state index contributed by atoms with van der Waals surface area (Å²) in [6.07, 6.45) is 4.75. The summed E-state index contributed by atoms with van der Waals surface area (Å²) >= 11 is 0. The summed E-state index contributed by atoms with van der Waals surface area (Å²) in [6, 6.07) is 7.18. The van der Waals surface area contributed by atoms with Crippen molar-refractivity contribution >= 4 is 23.8 Å². The highest BCUT2D eigenvalue weighted by atomic mass is 16.5. The lowest BCUT2D eigenvalue weighted by atomic mass is 9.92. The molecule has 1 aromatic rings. The van der Waals surface area contributed by atoms with Crippen molar-refractivity contribution in [2.75, 3.05) is 14.2 Å². The van der Waals surface area contributed by atoms with Crippen molar-refractivity contribution in [3.05, 3.63) is 53.4 Å². The van der Waals surface area contributed by atoms with E-state index in [1.165, 1.54) is 21.1 Å². The number of methoxy groups -OCH3 is 2. The van der Waals surface area contributed by atoms with Gasteiger partial charge in [0.25, 0.3) is 0 Å². The van der Waals surface area contributed by atoms with Gasteiger partial charge in [-0.15, -0.1) is 0 Å². The molecular weight excluding hydrogens is 310 g/mol. The summed E-state index contributed by atoms with van der Waals surface area (Å²) in [5.74, 6) is -1.39. The minimum absolute atomic E-state index is 0.0151. The van der Waals surface area contributed by atoms with E-state index < -0.39 is 18.0 Å². The van der Waals surface area contributed by atoms with Gasteiger partial charge in [-0.25, -0.2) is 9.59 Å². The van der Waals surface area contributed by atoms with Gasteiger partial charge in [0.2, 0.25) is 0 Å². The molecule has 0 fully saturated rings. The molecule has 0 amide bonds. The molecule has 0 radical (unpaired) electrons. The van der Waals surface area contributed by atoms with Gasteiger partial charge in [0.1, 0.15) is 11.5 Å². The Morgan fingerprint density at radius 1 is 1.17 bits per heavy atom. The average Bonchev–Trinajstić information content (AvgIpc) is 2.59. The largest absolute Gasteiger partial charge is 0.466 e. The van der Waals surface area contributed by atoms with Crippen LogP contribution in [0.15, 0.2) is 42.2 Å². The molecule has 0 saturated heterocycles. The summed E-state index contributed by atoms with van der Waals surface area (Å²) in [4.78, 5) is 37.1. The highest BCUT2D eigenvalue weighted by Gasteiger charge is 2.30. The van der Waals surface area contributed by atoms with Crippen LogP contribution < -0.4 is 0 Å². The van der Waals surface area contributed by atoms with Crippen LogP contribution in [0.5, 0.6) is 0 Å². The van der Waals surface area contributed by atoms with E-state index in [-0.39, 0.29) is 17.9 Å². The van der Waals surface area contributed by atoms with E-state index in [2.05, 4.69) is 4.74 Å². The number of ether oxygens (including phenoxy) is 2. The predicted molar refractivity (Wildman–Crippen MR) is 87.5 cm³/mol. The maximum absolute atomic E-state index is 12.1. The Kier molecular flexibility index (Phi) is 5.52. The Labute approximate surface area is 140 Å². The van der Waals surface area contributed by atoms with E-state index in [9.17, 15) is 14.4 Å². The molecule has 1 heterocycles. The highest BCUT2D eigenvalue weighted by Crippen LogP contribution is 2.35. The molecule has 1 aliphatic rings. The van der Waals surface area contributed by atoms with E-state index in [1.54, 1.807) is 11.1 Å². The van der Waals surface area contributed by atoms with Gasteiger partial charge in [0.05, 0.1) is 26.3 Å². The zero-order valence-corrected chi connectivity index (χ0v) is 13.8. The van der Waals surface area contributed by atoms with Gasteiger partial charge in [0.15, 0.2) is 0 Å². The number of rotatable bonds is 5. The molecule has 2 rings (SSSR count). The number of esters is 2. The first-order valence-corrected chi connectivity index (χ1v) is 7.40. The zero-order chi connectivity index (χ0) is 17.7. The SMILES string of the molecule is COC(=O)/C=C(\C(=O)OC)N1C=Cc2ccccc2C1CC(C)=O. The lowest BCUT2D eigenvalue weighted by Gasteiger charge is -2.34. The van der Waals surface area contributed by atoms with Gasteiger partial charge in [-0.2, -0.15) is 0 Å². The molecule has 0 aromatic heterocycles. The van der Waals surface area contributed by atoms with Crippen LogP contribution >= 0.6 is 0 Å². The Balaban J connectivity index is 2.52. The molecule has 1 aromatic carbocycles. The summed E-state index contributed by atoms with van der Waals surface area (Å²) in [5, 5.41) is 0. The van der Waals surface area contributed by atoms with Crippen LogP contribution in [0, 0.1) is 0 Å². The Morgan fingerprint density at radius 2 is 1.88 bits per heavy atom. The van der Waals surface area contributed by atoms with Crippen LogP contribution in [-0.4, -0.2) is 36.8 Å². The number of nitrogens with zero attached hydrogens (tertiary/aromatic N) is 1. The van der Waals surface area contributed by atoms with Gasteiger partial charge in [-0.3, -0.25) is 4.79 Å². The third-order valence-electron chi connectivity index (χ3n) is 3.71. The van der Waals surface area contributed by atoms with E-state index >= 15 is 0 Å². The molecular formula is C18H19NO5. The second-order valence-corrected chi connectivity index (χ2v) is 5.32. The average molecular weight is 329 g/mol. The van der Waals surface area contributed by atoms with Crippen LogP contribution in [0.25, 0.3) is 6.08 Å². The second-order valence-electron chi connectivity index (χ2n) is 5.32. The van der Waals surface area contributed by atoms with Gasteiger partial charge >= 0.3 is 11.9 Å². The molecule has 1 atom stereocenters. The molecule has 6 heteroatoms. The molecule has 126 valence electrons. The first kappa shape index (κ1) is 17.5. The normalized spacial score (nSPS) is 16.4. The van der Waals surface area contributed by atoms with E-state index in [0.29, 0.717) is 0 Å². The van der Waals surface area contributed by atoms with Gasteiger partial charge in [-0.1, -0.05) is 24.3 Å². The van der Waals surface area contributed by atoms with Crippen molar-refractivity contribution < 1.29 is 23.9 Å². The third-order valence-corrected chi connectivity index (χ3v) is 3.71. The van der Waals surface area contributed by atoms with Crippen LogP contribution in [0.3, 0.4) is 0 Å². The first-order valence-electron chi connectivity index (χ1n) is 7.40. The second kappa shape index (κ2) is 7.59. The van der Waals surface area contributed by atoms with Crippen molar-refractivity contribution in [1.82, 2.24) is 4.90 Å². The summed E-state index contributed by atoms with van der Waals surface area (Å²) in [6.45, 7) is 1.49. The number of ketones is 1. The molecule has 0 N–H and O–H groups in total. The lowest BCUT2D eigenvalue weighted by Crippen LogP contribution is -2.32. The maximum Gasteiger partial charge on any atom is 0.354 e. The molecule has 0 aliphatic carbocycles. The van der Waals surface area contributed by atoms with Crippen LogP contribution in [-0.2, 0) is 23.9 Å². The number of fused-ring (bicyclic) bond motifs is 1. The number of hydrogen-bond donors (Lipinski definition) is 0. The Bertz CT molecular complexity index is 720. The molecule has 24 heavy (non-hydrogen) atoms. The van der Waals surface area contributed by atoms with Crippen LogP contribution in [0.2, 0.25) is 0 Å². The molecule has 1 aliphatic heterocycles. The fourth-order valence-corrected chi connectivity index (χ4v) is 2.62. The van der Waals surface area contributed by atoms with Crippen molar-refractivity contribution in [3.63, 3.8) is 0 Å². The molecule has 1 unspecified atom stereocenters. The fraction of sp³-hybridized carbons (Fsp3) is 0.278. The van der Waals surface area contributed by atoms with Gasteiger partial charge in [-0.05, 0) is 24.1 Å². The molecule has 0 saturated carbocycles. The van der Waals surface area contributed by atoms with Crippen LogP contribution in [0.1, 0.15) is 30.5 Å².